The molecule has 0 atom stereocenters. The van der Waals surface area contributed by atoms with Crippen LogP contribution in [0.25, 0.3) is 27.8 Å². The van der Waals surface area contributed by atoms with Gasteiger partial charge in [0.05, 0.1) is 31.1 Å². The van der Waals surface area contributed by atoms with E-state index in [-0.39, 0.29) is 12.5 Å². The lowest BCUT2D eigenvalue weighted by molar-refractivity contribution is 0.0522. The van der Waals surface area contributed by atoms with Crippen molar-refractivity contribution in [3.8, 4) is 22.8 Å². The second-order valence-corrected chi connectivity index (χ2v) is 7.88. The van der Waals surface area contributed by atoms with Crippen LogP contribution in [0.4, 0.5) is 0 Å². The molecular formula is C25H24N4O3. The van der Waals surface area contributed by atoms with Crippen molar-refractivity contribution in [3.63, 3.8) is 0 Å². The van der Waals surface area contributed by atoms with Gasteiger partial charge in [0, 0.05) is 10.9 Å². The van der Waals surface area contributed by atoms with Gasteiger partial charge in [-0.15, -0.1) is 5.10 Å². The number of esters is 1. The largest absolute Gasteiger partial charge is 0.480 e. The molecule has 0 aliphatic heterocycles. The van der Waals surface area contributed by atoms with Crippen molar-refractivity contribution in [2.75, 3.05) is 13.7 Å². The van der Waals surface area contributed by atoms with Crippen LogP contribution in [0.5, 0.6) is 5.88 Å². The van der Waals surface area contributed by atoms with E-state index in [1.807, 2.05) is 42.6 Å². The van der Waals surface area contributed by atoms with Gasteiger partial charge in [-0.3, -0.25) is 0 Å². The Hall–Kier alpha value is -3.74. The second kappa shape index (κ2) is 8.42. The Kier molecular flexibility index (Phi) is 5.31. The van der Waals surface area contributed by atoms with Gasteiger partial charge < -0.3 is 9.47 Å². The molecular weight excluding hydrogens is 404 g/mol. The van der Waals surface area contributed by atoms with E-state index in [1.165, 1.54) is 19.1 Å². The normalized spacial score (nSPS) is 13.7. The van der Waals surface area contributed by atoms with E-state index < -0.39 is 5.97 Å². The van der Waals surface area contributed by atoms with Crippen molar-refractivity contribution in [1.82, 2.24) is 20.0 Å². The van der Waals surface area contributed by atoms with Crippen LogP contribution in [0.15, 0.2) is 54.7 Å². The monoisotopic (exact) mass is 428 g/mol. The van der Waals surface area contributed by atoms with Gasteiger partial charge in [0.2, 0.25) is 5.88 Å². The quantitative estimate of drug-likeness (QED) is 0.405. The molecule has 1 saturated carbocycles. The zero-order valence-corrected chi connectivity index (χ0v) is 18.1. The molecule has 1 aliphatic rings. The van der Waals surface area contributed by atoms with Crippen molar-refractivity contribution in [1.29, 1.82) is 0 Å². The fraction of sp³-hybridized carbons (Fsp3) is 0.280. The van der Waals surface area contributed by atoms with E-state index in [4.69, 9.17) is 14.5 Å². The zero-order valence-electron chi connectivity index (χ0n) is 18.1. The molecule has 1 fully saturated rings. The smallest absolute Gasteiger partial charge is 0.343 e. The number of para-hydroxylation sites is 1. The number of carbonyl (C=O) groups excluding carboxylic acids is 1. The standard InChI is InChI=1S/C25H24N4O3/c1-3-32-25(30)20-14-17-12-13-19(16-8-7-9-16)22(23(17)26-24(20)31-2)21-15-29(28-27-21)18-10-5-4-6-11-18/h4-6,10-16H,3,7-9H2,1-2H3. The van der Waals surface area contributed by atoms with Crippen molar-refractivity contribution in [2.45, 2.75) is 32.1 Å². The number of nitrogens with zero attached hydrogens (tertiary/aromatic N) is 4. The molecule has 0 radical (unpaired) electrons. The first-order valence-electron chi connectivity index (χ1n) is 10.9. The molecule has 7 nitrogen and oxygen atoms in total. The van der Waals surface area contributed by atoms with Crippen molar-refractivity contribution in [2.24, 2.45) is 0 Å². The molecule has 7 heteroatoms. The molecule has 32 heavy (non-hydrogen) atoms. The number of fused-ring (bicyclic) bond motifs is 1. The Balaban J connectivity index is 1.70. The van der Waals surface area contributed by atoms with E-state index in [0.29, 0.717) is 11.5 Å². The van der Waals surface area contributed by atoms with Gasteiger partial charge in [-0.1, -0.05) is 42.0 Å². The summed E-state index contributed by atoms with van der Waals surface area (Å²) in [4.78, 5) is 17.2. The summed E-state index contributed by atoms with van der Waals surface area (Å²) in [5, 5.41) is 9.69. The Morgan fingerprint density at radius 3 is 2.66 bits per heavy atom. The lowest BCUT2D eigenvalue weighted by Crippen LogP contribution is -2.12. The van der Waals surface area contributed by atoms with Crippen LogP contribution in [-0.4, -0.2) is 39.7 Å². The molecule has 0 saturated heterocycles. The first-order valence-corrected chi connectivity index (χ1v) is 10.9. The van der Waals surface area contributed by atoms with Crippen LogP contribution >= 0.6 is 0 Å². The highest BCUT2D eigenvalue weighted by molar-refractivity contribution is 6.01. The van der Waals surface area contributed by atoms with Crippen molar-refractivity contribution in [3.05, 3.63) is 65.9 Å². The topological polar surface area (TPSA) is 79.1 Å². The number of benzene rings is 2. The molecule has 4 aromatic rings. The van der Waals surface area contributed by atoms with Crippen molar-refractivity contribution >= 4 is 16.9 Å². The van der Waals surface area contributed by atoms with Gasteiger partial charge in [0.15, 0.2) is 0 Å². The summed E-state index contributed by atoms with van der Waals surface area (Å²) in [7, 11) is 1.51. The highest BCUT2D eigenvalue weighted by Gasteiger charge is 2.27. The van der Waals surface area contributed by atoms with Crippen LogP contribution < -0.4 is 4.74 Å². The Labute approximate surface area is 186 Å². The average Bonchev–Trinajstić information content (AvgIpc) is 3.27. The minimum absolute atomic E-state index is 0.249. The van der Waals surface area contributed by atoms with Crippen molar-refractivity contribution < 1.29 is 14.3 Å². The first kappa shape index (κ1) is 20.2. The van der Waals surface area contributed by atoms with Crippen LogP contribution in [0.1, 0.15) is 48.0 Å². The highest BCUT2D eigenvalue weighted by Crippen LogP contribution is 2.43. The number of methoxy groups -OCH3 is 1. The zero-order chi connectivity index (χ0) is 22.1. The summed E-state index contributed by atoms with van der Waals surface area (Å²) < 4.78 is 12.4. The molecule has 0 unspecified atom stereocenters. The minimum Gasteiger partial charge on any atom is -0.480 e. The number of pyridine rings is 1. The number of aromatic nitrogens is 4. The fourth-order valence-electron chi connectivity index (χ4n) is 4.16. The van der Waals surface area contributed by atoms with Crippen LogP contribution in [0, 0.1) is 0 Å². The summed E-state index contributed by atoms with van der Waals surface area (Å²) in [6.45, 7) is 2.06. The second-order valence-electron chi connectivity index (χ2n) is 7.88. The van der Waals surface area contributed by atoms with Gasteiger partial charge >= 0.3 is 5.97 Å². The maximum atomic E-state index is 12.4. The van der Waals surface area contributed by atoms with Gasteiger partial charge in [-0.05, 0) is 49.4 Å². The Morgan fingerprint density at radius 1 is 1.16 bits per heavy atom. The molecule has 0 spiro atoms. The van der Waals surface area contributed by atoms with Gasteiger partial charge in [0.1, 0.15) is 11.3 Å². The molecule has 2 aromatic carbocycles. The Bertz CT molecular complexity index is 1280. The summed E-state index contributed by atoms with van der Waals surface area (Å²) in [6, 6.07) is 15.8. The third-order valence-electron chi connectivity index (χ3n) is 5.99. The molecule has 0 N–H and O–H groups in total. The molecule has 5 rings (SSSR count). The van der Waals surface area contributed by atoms with E-state index in [2.05, 4.69) is 16.4 Å². The summed E-state index contributed by atoms with van der Waals surface area (Å²) in [5.74, 6) is 0.269. The predicted octanol–water partition coefficient (Wildman–Crippen LogP) is 4.94. The van der Waals surface area contributed by atoms with E-state index in [9.17, 15) is 4.79 Å². The molecule has 0 bridgehead atoms. The number of ether oxygens (including phenoxy) is 2. The van der Waals surface area contributed by atoms with Crippen LogP contribution in [-0.2, 0) is 4.74 Å². The van der Waals surface area contributed by atoms with E-state index >= 15 is 0 Å². The number of rotatable bonds is 6. The average molecular weight is 428 g/mol. The Morgan fingerprint density at radius 2 is 1.97 bits per heavy atom. The third kappa shape index (κ3) is 3.49. The number of hydrogen-bond acceptors (Lipinski definition) is 6. The molecule has 0 amide bonds. The van der Waals surface area contributed by atoms with Crippen LogP contribution in [0.2, 0.25) is 0 Å². The maximum absolute atomic E-state index is 12.4. The molecule has 1 aliphatic carbocycles. The summed E-state index contributed by atoms with van der Waals surface area (Å²) in [5.41, 5.74) is 4.91. The SMILES string of the molecule is CCOC(=O)c1cc2ccc(C3CCC3)c(-c3cn(-c4ccccc4)nn3)c2nc1OC. The van der Waals surface area contributed by atoms with Gasteiger partial charge in [-0.25, -0.2) is 14.5 Å². The third-order valence-corrected chi connectivity index (χ3v) is 5.99. The summed E-state index contributed by atoms with van der Waals surface area (Å²) in [6.07, 6.45) is 5.43. The molecule has 162 valence electrons. The minimum atomic E-state index is -0.446. The van der Waals surface area contributed by atoms with E-state index in [0.717, 1.165) is 40.7 Å². The lowest BCUT2D eigenvalue weighted by atomic mass is 9.77. The summed E-state index contributed by atoms with van der Waals surface area (Å²) >= 11 is 0. The van der Waals surface area contributed by atoms with Gasteiger partial charge in [0.25, 0.3) is 0 Å². The molecule has 2 aromatic heterocycles. The van der Waals surface area contributed by atoms with Gasteiger partial charge in [-0.2, -0.15) is 0 Å². The van der Waals surface area contributed by atoms with E-state index in [1.54, 1.807) is 17.7 Å². The first-order chi connectivity index (χ1) is 15.7. The lowest BCUT2D eigenvalue weighted by Gasteiger charge is -2.28. The van der Waals surface area contributed by atoms with Crippen LogP contribution in [0.3, 0.4) is 0 Å². The highest BCUT2D eigenvalue weighted by atomic mass is 16.5. The predicted molar refractivity (Wildman–Crippen MR) is 121 cm³/mol. The molecule has 2 heterocycles. The number of carbonyl (C=O) groups is 1. The maximum Gasteiger partial charge on any atom is 0.343 e. The fourth-order valence-corrected chi connectivity index (χ4v) is 4.16. The number of hydrogen-bond donors (Lipinski definition) is 0.